The normalized spacial score (nSPS) is 16.0. The van der Waals surface area contributed by atoms with Crippen molar-refractivity contribution in [3.8, 4) is 0 Å². The lowest BCUT2D eigenvalue weighted by molar-refractivity contribution is 0.282. The van der Waals surface area contributed by atoms with E-state index < -0.39 is 0 Å². The molecular formula is C17H21N3O. The van der Waals surface area contributed by atoms with E-state index in [4.69, 9.17) is 0 Å². The van der Waals surface area contributed by atoms with Gasteiger partial charge in [0.05, 0.1) is 6.61 Å². The molecule has 110 valence electrons. The SMILES string of the molecule is OCc1ccccc1NC1CCN(c2ccccn2)CC1. The molecule has 4 nitrogen and oxygen atoms in total. The van der Waals surface area contributed by atoms with Crippen LogP contribution in [0.25, 0.3) is 0 Å². The largest absolute Gasteiger partial charge is 0.392 e. The molecule has 3 rings (SSSR count). The third kappa shape index (κ3) is 3.34. The summed E-state index contributed by atoms with van der Waals surface area (Å²) in [5.74, 6) is 1.06. The quantitative estimate of drug-likeness (QED) is 0.905. The number of nitrogens with one attached hydrogen (secondary N) is 1. The number of aliphatic hydroxyl groups excluding tert-OH is 1. The monoisotopic (exact) mass is 283 g/mol. The van der Waals surface area contributed by atoms with Crippen LogP contribution in [-0.4, -0.2) is 29.2 Å². The van der Waals surface area contributed by atoms with E-state index in [-0.39, 0.29) is 6.61 Å². The molecule has 0 spiro atoms. The molecule has 1 saturated heterocycles. The lowest BCUT2D eigenvalue weighted by atomic mass is 10.0. The number of hydrogen-bond acceptors (Lipinski definition) is 4. The van der Waals surface area contributed by atoms with E-state index in [9.17, 15) is 5.11 Å². The molecule has 2 heterocycles. The average Bonchev–Trinajstić information content (AvgIpc) is 2.57. The molecule has 1 aromatic heterocycles. The smallest absolute Gasteiger partial charge is 0.128 e. The van der Waals surface area contributed by atoms with Gasteiger partial charge in [-0.05, 0) is 31.0 Å². The molecule has 0 saturated carbocycles. The van der Waals surface area contributed by atoms with Gasteiger partial charge in [0.1, 0.15) is 5.82 Å². The van der Waals surface area contributed by atoms with Crippen LogP contribution in [0.2, 0.25) is 0 Å². The summed E-state index contributed by atoms with van der Waals surface area (Å²) >= 11 is 0. The molecule has 2 aromatic rings. The van der Waals surface area contributed by atoms with Gasteiger partial charge in [0.25, 0.3) is 0 Å². The van der Waals surface area contributed by atoms with Gasteiger partial charge in [-0.15, -0.1) is 0 Å². The molecule has 0 atom stereocenters. The van der Waals surface area contributed by atoms with Crippen molar-refractivity contribution < 1.29 is 5.11 Å². The summed E-state index contributed by atoms with van der Waals surface area (Å²) < 4.78 is 0. The summed E-state index contributed by atoms with van der Waals surface area (Å²) in [6, 6.07) is 14.5. The number of anilines is 2. The number of pyridine rings is 1. The number of nitrogens with zero attached hydrogens (tertiary/aromatic N) is 2. The molecule has 0 unspecified atom stereocenters. The zero-order valence-electron chi connectivity index (χ0n) is 12.1. The van der Waals surface area contributed by atoms with Gasteiger partial charge < -0.3 is 15.3 Å². The Morgan fingerprint density at radius 1 is 1.10 bits per heavy atom. The van der Waals surface area contributed by atoms with Crippen molar-refractivity contribution in [3.05, 3.63) is 54.2 Å². The van der Waals surface area contributed by atoms with Gasteiger partial charge in [-0.1, -0.05) is 24.3 Å². The highest BCUT2D eigenvalue weighted by Gasteiger charge is 2.20. The highest BCUT2D eigenvalue weighted by Crippen LogP contribution is 2.22. The van der Waals surface area contributed by atoms with E-state index in [1.165, 1.54) is 0 Å². The summed E-state index contributed by atoms with van der Waals surface area (Å²) in [4.78, 5) is 6.74. The summed E-state index contributed by atoms with van der Waals surface area (Å²) in [5, 5.41) is 12.9. The first-order chi connectivity index (χ1) is 10.4. The second-order valence-corrected chi connectivity index (χ2v) is 5.41. The molecule has 1 aliphatic heterocycles. The third-order valence-electron chi connectivity index (χ3n) is 4.02. The van der Waals surface area contributed by atoms with E-state index >= 15 is 0 Å². The Morgan fingerprint density at radius 3 is 2.57 bits per heavy atom. The van der Waals surface area contributed by atoms with Crippen LogP contribution in [0.3, 0.4) is 0 Å². The Morgan fingerprint density at radius 2 is 1.86 bits per heavy atom. The summed E-state index contributed by atoms with van der Waals surface area (Å²) in [6.07, 6.45) is 4.00. The Labute approximate surface area is 125 Å². The van der Waals surface area contributed by atoms with Crippen LogP contribution >= 0.6 is 0 Å². The number of aromatic nitrogens is 1. The lowest BCUT2D eigenvalue weighted by Crippen LogP contribution is -2.39. The van der Waals surface area contributed by atoms with Crippen LogP contribution < -0.4 is 10.2 Å². The minimum atomic E-state index is 0.0793. The maximum Gasteiger partial charge on any atom is 0.128 e. The van der Waals surface area contributed by atoms with E-state index in [0.29, 0.717) is 6.04 Å². The average molecular weight is 283 g/mol. The Kier molecular flexibility index (Phi) is 4.36. The van der Waals surface area contributed by atoms with Crippen molar-refractivity contribution in [2.75, 3.05) is 23.3 Å². The Bertz CT molecular complexity index is 565. The topological polar surface area (TPSA) is 48.4 Å². The summed E-state index contributed by atoms with van der Waals surface area (Å²) in [6.45, 7) is 2.10. The molecule has 2 N–H and O–H groups in total. The van der Waals surface area contributed by atoms with Crippen molar-refractivity contribution in [2.45, 2.75) is 25.5 Å². The molecule has 4 heteroatoms. The first-order valence-electron chi connectivity index (χ1n) is 7.48. The first-order valence-corrected chi connectivity index (χ1v) is 7.48. The fourth-order valence-electron chi connectivity index (χ4n) is 2.81. The van der Waals surface area contributed by atoms with Gasteiger partial charge in [-0.3, -0.25) is 0 Å². The second-order valence-electron chi connectivity index (χ2n) is 5.41. The van der Waals surface area contributed by atoms with Gasteiger partial charge in [0.15, 0.2) is 0 Å². The van der Waals surface area contributed by atoms with Gasteiger partial charge in [0.2, 0.25) is 0 Å². The minimum absolute atomic E-state index is 0.0793. The van der Waals surface area contributed by atoms with E-state index in [1.54, 1.807) is 0 Å². The van der Waals surface area contributed by atoms with Gasteiger partial charge in [-0.2, -0.15) is 0 Å². The Hall–Kier alpha value is -2.07. The number of hydrogen-bond donors (Lipinski definition) is 2. The van der Waals surface area contributed by atoms with Crippen LogP contribution in [0.15, 0.2) is 48.7 Å². The molecule has 0 radical (unpaired) electrons. The number of piperidine rings is 1. The Balaban J connectivity index is 1.59. The maximum atomic E-state index is 9.38. The standard InChI is InChI=1S/C17H21N3O/c21-13-14-5-1-2-6-16(14)19-15-8-11-20(12-9-15)17-7-3-4-10-18-17/h1-7,10,15,19,21H,8-9,11-13H2. The summed E-state index contributed by atoms with van der Waals surface area (Å²) in [5.41, 5.74) is 2.01. The van der Waals surface area contributed by atoms with Crippen molar-refractivity contribution in [3.63, 3.8) is 0 Å². The van der Waals surface area contributed by atoms with E-state index in [1.807, 2.05) is 42.6 Å². The van der Waals surface area contributed by atoms with Gasteiger partial charge in [0, 0.05) is 36.6 Å². The first kappa shape index (κ1) is 13.9. The van der Waals surface area contributed by atoms with Crippen LogP contribution in [0.4, 0.5) is 11.5 Å². The molecule has 0 aliphatic carbocycles. The maximum absolute atomic E-state index is 9.38. The molecule has 21 heavy (non-hydrogen) atoms. The fraction of sp³-hybridized carbons (Fsp3) is 0.353. The van der Waals surface area contributed by atoms with Crippen LogP contribution in [0.1, 0.15) is 18.4 Å². The van der Waals surface area contributed by atoms with E-state index in [0.717, 1.165) is 43.0 Å². The van der Waals surface area contributed by atoms with Gasteiger partial charge in [-0.25, -0.2) is 4.98 Å². The van der Waals surface area contributed by atoms with E-state index in [2.05, 4.69) is 21.3 Å². The fourth-order valence-corrected chi connectivity index (χ4v) is 2.81. The van der Waals surface area contributed by atoms with Crippen LogP contribution in [-0.2, 0) is 6.61 Å². The molecule has 0 amide bonds. The molecule has 0 bridgehead atoms. The van der Waals surface area contributed by atoms with Crippen molar-refractivity contribution in [1.29, 1.82) is 0 Å². The zero-order valence-corrected chi connectivity index (χ0v) is 12.1. The summed E-state index contributed by atoms with van der Waals surface area (Å²) in [7, 11) is 0. The van der Waals surface area contributed by atoms with Crippen LogP contribution in [0.5, 0.6) is 0 Å². The van der Waals surface area contributed by atoms with Crippen molar-refractivity contribution in [2.24, 2.45) is 0 Å². The lowest BCUT2D eigenvalue weighted by Gasteiger charge is -2.34. The van der Waals surface area contributed by atoms with Crippen LogP contribution in [0, 0.1) is 0 Å². The predicted octanol–water partition coefficient (Wildman–Crippen LogP) is 2.65. The third-order valence-corrected chi connectivity index (χ3v) is 4.02. The minimum Gasteiger partial charge on any atom is -0.392 e. The highest BCUT2D eigenvalue weighted by atomic mass is 16.3. The van der Waals surface area contributed by atoms with Crippen molar-refractivity contribution >= 4 is 11.5 Å². The molecule has 1 fully saturated rings. The number of benzene rings is 1. The predicted molar refractivity (Wildman–Crippen MR) is 85.5 cm³/mol. The number of aliphatic hydroxyl groups is 1. The molecular weight excluding hydrogens is 262 g/mol. The number of rotatable bonds is 4. The number of para-hydroxylation sites is 1. The van der Waals surface area contributed by atoms with Gasteiger partial charge >= 0.3 is 0 Å². The zero-order chi connectivity index (χ0) is 14.5. The molecule has 1 aliphatic rings. The molecule has 1 aromatic carbocycles. The second kappa shape index (κ2) is 6.59. The van der Waals surface area contributed by atoms with Crippen molar-refractivity contribution in [1.82, 2.24) is 4.98 Å². The highest BCUT2D eigenvalue weighted by molar-refractivity contribution is 5.51.